The lowest BCUT2D eigenvalue weighted by Gasteiger charge is -2.12. The van der Waals surface area contributed by atoms with Crippen LogP contribution < -0.4 is 10.1 Å². The third-order valence-electron chi connectivity index (χ3n) is 3.03. The minimum Gasteiger partial charge on any atom is -0.496 e. The number of ether oxygens (including phenoxy) is 1. The molecule has 0 saturated carbocycles. The maximum absolute atomic E-state index is 9.02. The Bertz CT molecular complexity index is 662. The van der Waals surface area contributed by atoms with Crippen LogP contribution in [-0.4, -0.2) is 14.2 Å². The lowest BCUT2D eigenvalue weighted by atomic mass is 10.0. The molecule has 0 radical (unpaired) electrons. The van der Waals surface area contributed by atoms with E-state index in [1.54, 1.807) is 25.3 Å². The first-order valence-electron chi connectivity index (χ1n) is 6.21. The fourth-order valence-electron chi connectivity index (χ4n) is 2.08. The number of methoxy groups -OCH3 is 1. The highest BCUT2D eigenvalue weighted by Gasteiger charge is 2.11. The van der Waals surface area contributed by atoms with Gasteiger partial charge in [0.05, 0.1) is 18.7 Å². The third-order valence-corrected chi connectivity index (χ3v) is 3.35. The summed E-state index contributed by atoms with van der Waals surface area (Å²) < 4.78 is 5.35. The van der Waals surface area contributed by atoms with Crippen molar-refractivity contribution in [3.63, 3.8) is 0 Å². The van der Waals surface area contributed by atoms with Crippen LogP contribution >= 0.6 is 11.6 Å². The zero-order chi connectivity index (χ0) is 14.5. The first-order chi connectivity index (χ1) is 9.69. The smallest absolute Gasteiger partial charge is 0.126 e. The van der Waals surface area contributed by atoms with Gasteiger partial charge in [-0.15, -0.1) is 0 Å². The van der Waals surface area contributed by atoms with Gasteiger partial charge in [-0.2, -0.15) is 5.26 Å². The molecule has 2 aromatic carbocycles. The van der Waals surface area contributed by atoms with Gasteiger partial charge in [-0.3, -0.25) is 0 Å². The summed E-state index contributed by atoms with van der Waals surface area (Å²) in [7, 11) is 3.50. The van der Waals surface area contributed by atoms with E-state index in [1.807, 2.05) is 25.2 Å². The molecule has 0 unspecified atom stereocenters. The van der Waals surface area contributed by atoms with Crippen LogP contribution in [-0.2, 0) is 6.54 Å². The highest BCUT2D eigenvalue weighted by atomic mass is 35.5. The zero-order valence-electron chi connectivity index (χ0n) is 11.4. The first kappa shape index (κ1) is 14.4. The molecule has 3 nitrogen and oxygen atoms in total. The van der Waals surface area contributed by atoms with Crippen molar-refractivity contribution in [2.45, 2.75) is 6.54 Å². The summed E-state index contributed by atoms with van der Waals surface area (Å²) in [6.45, 7) is 0.759. The van der Waals surface area contributed by atoms with Crippen molar-refractivity contribution in [3.05, 3.63) is 52.5 Å². The number of hydrogen-bond acceptors (Lipinski definition) is 3. The van der Waals surface area contributed by atoms with Crippen molar-refractivity contribution in [2.75, 3.05) is 14.2 Å². The Balaban J connectivity index is 2.53. The van der Waals surface area contributed by atoms with Crippen LogP contribution in [0.3, 0.4) is 0 Å². The normalized spacial score (nSPS) is 10.1. The van der Waals surface area contributed by atoms with Gasteiger partial charge in [0.2, 0.25) is 0 Å². The second-order valence-electron chi connectivity index (χ2n) is 4.37. The molecule has 1 N–H and O–H groups in total. The van der Waals surface area contributed by atoms with Crippen LogP contribution in [0.2, 0.25) is 5.02 Å². The number of rotatable bonds is 4. The Kier molecular flexibility index (Phi) is 4.62. The Labute approximate surface area is 123 Å². The van der Waals surface area contributed by atoms with Crippen molar-refractivity contribution in [1.29, 1.82) is 5.26 Å². The topological polar surface area (TPSA) is 45.0 Å². The van der Waals surface area contributed by atoms with Crippen molar-refractivity contribution in [2.24, 2.45) is 0 Å². The SMILES string of the molecule is CNCc1ccc(-c2cc(C#N)ccc2OC)c(Cl)c1. The molecule has 2 rings (SSSR count). The van der Waals surface area contributed by atoms with Gasteiger partial charge >= 0.3 is 0 Å². The van der Waals surface area contributed by atoms with Crippen LogP contribution in [0, 0.1) is 11.3 Å². The molecule has 2 aromatic rings. The van der Waals surface area contributed by atoms with E-state index in [-0.39, 0.29) is 0 Å². The molecule has 0 bridgehead atoms. The van der Waals surface area contributed by atoms with Gasteiger partial charge < -0.3 is 10.1 Å². The molecule has 0 spiro atoms. The summed E-state index contributed by atoms with van der Waals surface area (Å²) in [4.78, 5) is 0. The third kappa shape index (κ3) is 2.93. The number of hydrogen-bond donors (Lipinski definition) is 1. The molecule has 0 saturated heterocycles. The molecule has 0 aliphatic rings. The van der Waals surface area contributed by atoms with Gasteiger partial charge in [-0.1, -0.05) is 23.7 Å². The summed E-state index contributed by atoms with van der Waals surface area (Å²) >= 11 is 6.36. The second kappa shape index (κ2) is 6.42. The molecule has 0 aromatic heterocycles. The Morgan fingerprint density at radius 2 is 2.00 bits per heavy atom. The van der Waals surface area contributed by atoms with Crippen LogP contribution in [0.15, 0.2) is 36.4 Å². The van der Waals surface area contributed by atoms with Crippen LogP contribution in [0.1, 0.15) is 11.1 Å². The number of nitrogens with one attached hydrogen (secondary N) is 1. The molecule has 0 aliphatic carbocycles. The molecule has 102 valence electrons. The Hall–Kier alpha value is -2.02. The van der Waals surface area contributed by atoms with E-state index >= 15 is 0 Å². The van der Waals surface area contributed by atoms with Crippen LogP contribution in [0.4, 0.5) is 0 Å². The summed E-state index contributed by atoms with van der Waals surface area (Å²) in [5, 5.41) is 12.8. The molecular formula is C16H15ClN2O. The monoisotopic (exact) mass is 286 g/mol. The van der Waals surface area contributed by atoms with E-state index in [2.05, 4.69) is 11.4 Å². The molecule has 0 amide bonds. The summed E-state index contributed by atoms with van der Waals surface area (Å²) in [6, 6.07) is 13.3. The van der Waals surface area contributed by atoms with Gasteiger partial charge in [0.1, 0.15) is 5.75 Å². The molecular weight excluding hydrogens is 272 g/mol. The maximum atomic E-state index is 9.02. The Morgan fingerprint density at radius 1 is 1.20 bits per heavy atom. The highest BCUT2D eigenvalue weighted by Crippen LogP contribution is 2.35. The minimum atomic E-state index is 0.580. The summed E-state index contributed by atoms with van der Waals surface area (Å²) in [6.07, 6.45) is 0. The number of benzene rings is 2. The van der Waals surface area contributed by atoms with Crippen molar-refractivity contribution in [1.82, 2.24) is 5.32 Å². The molecule has 20 heavy (non-hydrogen) atoms. The summed E-state index contributed by atoms with van der Waals surface area (Å²) in [5.41, 5.74) is 3.38. The fraction of sp³-hybridized carbons (Fsp3) is 0.188. The number of nitrogens with zero attached hydrogens (tertiary/aromatic N) is 1. The van der Waals surface area contributed by atoms with Crippen LogP contribution in [0.25, 0.3) is 11.1 Å². The molecule has 0 fully saturated rings. The fourth-order valence-corrected chi connectivity index (χ4v) is 2.38. The number of nitriles is 1. The van der Waals surface area contributed by atoms with Crippen molar-refractivity contribution < 1.29 is 4.74 Å². The van der Waals surface area contributed by atoms with E-state index in [9.17, 15) is 0 Å². The average Bonchev–Trinajstić information content (AvgIpc) is 2.47. The van der Waals surface area contributed by atoms with E-state index < -0.39 is 0 Å². The minimum absolute atomic E-state index is 0.580. The van der Waals surface area contributed by atoms with Gasteiger partial charge in [0.25, 0.3) is 0 Å². The lowest BCUT2D eigenvalue weighted by molar-refractivity contribution is 0.416. The average molecular weight is 287 g/mol. The highest BCUT2D eigenvalue weighted by molar-refractivity contribution is 6.33. The lowest BCUT2D eigenvalue weighted by Crippen LogP contribution is -2.04. The maximum Gasteiger partial charge on any atom is 0.126 e. The summed E-state index contributed by atoms with van der Waals surface area (Å²) in [5.74, 6) is 0.701. The van der Waals surface area contributed by atoms with E-state index in [1.165, 1.54) is 0 Å². The standard InChI is InChI=1S/C16H15ClN2O/c1-19-10-12-3-5-13(15(17)8-12)14-7-11(9-18)4-6-16(14)20-2/h3-8,19H,10H2,1-2H3. The van der Waals surface area contributed by atoms with Crippen molar-refractivity contribution in [3.8, 4) is 22.9 Å². The molecule has 0 heterocycles. The van der Waals surface area contributed by atoms with Gasteiger partial charge in [-0.05, 0) is 36.9 Å². The van der Waals surface area contributed by atoms with Crippen LogP contribution in [0.5, 0.6) is 5.75 Å². The van der Waals surface area contributed by atoms with Crippen molar-refractivity contribution >= 4 is 11.6 Å². The van der Waals surface area contributed by atoms with E-state index in [0.29, 0.717) is 16.3 Å². The molecule has 4 heteroatoms. The molecule has 0 atom stereocenters. The second-order valence-corrected chi connectivity index (χ2v) is 4.78. The quantitative estimate of drug-likeness (QED) is 0.934. The first-order valence-corrected chi connectivity index (χ1v) is 6.59. The predicted molar refractivity (Wildman–Crippen MR) is 80.9 cm³/mol. The zero-order valence-corrected chi connectivity index (χ0v) is 12.2. The predicted octanol–water partition coefficient (Wildman–Crippen LogP) is 3.61. The van der Waals surface area contributed by atoms with Gasteiger partial charge in [-0.25, -0.2) is 0 Å². The largest absolute Gasteiger partial charge is 0.496 e. The molecule has 0 aliphatic heterocycles. The van der Waals surface area contributed by atoms with E-state index in [0.717, 1.165) is 23.2 Å². The van der Waals surface area contributed by atoms with Gasteiger partial charge in [0.15, 0.2) is 0 Å². The van der Waals surface area contributed by atoms with Gasteiger partial charge in [0, 0.05) is 22.7 Å². The Morgan fingerprint density at radius 3 is 2.60 bits per heavy atom. The van der Waals surface area contributed by atoms with E-state index in [4.69, 9.17) is 21.6 Å². The number of halogens is 1.